The molecule has 41 heavy (non-hydrogen) atoms. The van der Waals surface area contributed by atoms with E-state index in [0.29, 0.717) is 6.61 Å². The van der Waals surface area contributed by atoms with Gasteiger partial charge in [-0.05, 0) is 6.42 Å². The Labute approximate surface area is 244 Å². The van der Waals surface area contributed by atoms with Gasteiger partial charge < -0.3 is 59.4 Å². The maximum Gasteiger partial charge on any atom is 0.187 e. The fraction of sp³-hybridized carbons (Fsp3) is 1.00. The number of rotatable bonds is 22. The first kappa shape index (κ1) is 36.7. The smallest absolute Gasteiger partial charge is 0.187 e. The van der Waals surface area contributed by atoms with Crippen molar-refractivity contribution in [3.8, 4) is 0 Å². The van der Waals surface area contributed by atoms with Gasteiger partial charge in [0.1, 0.15) is 55.6 Å². The molecular weight excluding hydrogens is 540 g/mol. The number of aliphatic hydroxyl groups is 7. The van der Waals surface area contributed by atoms with Gasteiger partial charge in [0.05, 0.1) is 13.2 Å². The molecule has 2 fully saturated rings. The summed E-state index contributed by atoms with van der Waals surface area (Å²) in [6.45, 7) is 1.91. The van der Waals surface area contributed by atoms with Crippen LogP contribution in [0.3, 0.4) is 0 Å². The standard InChI is InChI=1S/C29H56O12/c1-2-3-4-5-6-7-8-9-10-11-12-13-14-15-16-37-19-38-18-21-22(31)23(32)26(35)29(40-21)41-27-20(17-30)39-28(36)25(34)24(27)33/h20-36H,2-19H2,1H3/t20-,21-,22+,23+,24-,25-,26-,27-,28-,29+/m1/s1. The van der Waals surface area contributed by atoms with Gasteiger partial charge in [-0.2, -0.15) is 0 Å². The number of hydrogen-bond acceptors (Lipinski definition) is 12. The second-order valence-corrected chi connectivity index (χ2v) is 11.3. The predicted octanol–water partition coefficient (Wildman–Crippen LogP) is 1.08. The molecule has 0 aromatic carbocycles. The van der Waals surface area contributed by atoms with E-state index >= 15 is 0 Å². The second-order valence-electron chi connectivity index (χ2n) is 11.3. The molecule has 0 aromatic heterocycles. The summed E-state index contributed by atoms with van der Waals surface area (Å²) in [5.74, 6) is 0. The summed E-state index contributed by atoms with van der Waals surface area (Å²) >= 11 is 0. The largest absolute Gasteiger partial charge is 0.394 e. The first-order chi connectivity index (χ1) is 19.8. The highest BCUT2D eigenvalue weighted by atomic mass is 16.7. The van der Waals surface area contributed by atoms with Crippen LogP contribution >= 0.6 is 0 Å². The molecule has 2 rings (SSSR count). The zero-order chi connectivity index (χ0) is 30.0. The molecule has 0 aliphatic carbocycles. The monoisotopic (exact) mass is 596 g/mol. The molecule has 0 amide bonds. The fourth-order valence-electron chi connectivity index (χ4n) is 5.24. The normalized spacial score (nSPS) is 34.2. The van der Waals surface area contributed by atoms with Crippen LogP contribution in [0.2, 0.25) is 0 Å². The SMILES string of the molecule is CCCCCCCCCCCCCCCCOCOC[C@H]1O[C@@H](O[C@H]2[C@H](O)[C@@H](O)[C@H](O)O[C@@H]2CO)[C@H](O)[C@@H](O)[C@H]1O. The molecule has 0 bridgehead atoms. The topological polar surface area (TPSA) is 188 Å². The molecule has 10 atom stereocenters. The molecule has 12 heteroatoms. The maximum absolute atomic E-state index is 10.3. The lowest BCUT2D eigenvalue weighted by atomic mass is 9.97. The molecule has 0 spiro atoms. The van der Waals surface area contributed by atoms with E-state index in [-0.39, 0.29) is 13.4 Å². The second kappa shape index (κ2) is 21.3. The highest BCUT2D eigenvalue weighted by Gasteiger charge is 2.50. The van der Waals surface area contributed by atoms with Gasteiger partial charge >= 0.3 is 0 Å². The van der Waals surface area contributed by atoms with Crippen molar-refractivity contribution in [3.63, 3.8) is 0 Å². The Bertz CT molecular complexity index is 641. The Morgan fingerprint density at radius 1 is 0.561 bits per heavy atom. The quantitative estimate of drug-likeness (QED) is 0.0697. The molecule has 244 valence electrons. The molecule has 2 aliphatic rings. The van der Waals surface area contributed by atoms with Gasteiger partial charge in [-0.15, -0.1) is 0 Å². The van der Waals surface area contributed by atoms with Crippen LogP contribution in [-0.4, -0.2) is 124 Å². The van der Waals surface area contributed by atoms with Crippen LogP contribution in [0.1, 0.15) is 96.8 Å². The lowest BCUT2D eigenvalue weighted by molar-refractivity contribution is -0.356. The van der Waals surface area contributed by atoms with Crippen LogP contribution in [-0.2, 0) is 23.7 Å². The van der Waals surface area contributed by atoms with Gasteiger partial charge in [0, 0.05) is 6.61 Å². The van der Waals surface area contributed by atoms with E-state index in [9.17, 15) is 35.7 Å². The van der Waals surface area contributed by atoms with E-state index in [0.717, 1.165) is 12.8 Å². The Morgan fingerprint density at radius 3 is 1.68 bits per heavy atom. The van der Waals surface area contributed by atoms with Crippen molar-refractivity contribution in [1.29, 1.82) is 0 Å². The molecular formula is C29H56O12. The predicted molar refractivity (Wildman–Crippen MR) is 149 cm³/mol. The van der Waals surface area contributed by atoms with E-state index in [2.05, 4.69) is 6.92 Å². The summed E-state index contributed by atoms with van der Waals surface area (Å²) in [5.41, 5.74) is 0. The van der Waals surface area contributed by atoms with E-state index in [1.807, 2.05) is 0 Å². The van der Waals surface area contributed by atoms with Crippen molar-refractivity contribution in [2.45, 2.75) is 158 Å². The Morgan fingerprint density at radius 2 is 1.12 bits per heavy atom. The molecule has 0 aromatic rings. The minimum Gasteiger partial charge on any atom is -0.394 e. The number of unbranched alkanes of at least 4 members (excludes halogenated alkanes) is 13. The molecule has 0 unspecified atom stereocenters. The van der Waals surface area contributed by atoms with Gasteiger partial charge in [-0.1, -0.05) is 90.4 Å². The third kappa shape index (κ3) is 13.0. The zero-order valence-corrected chi connectivity index (χ0v) is 24.7. The number of ether oxygens (including phenoxy) is 5. The van der Waals surface area contributed by atoms with Crippen molar-refractivity contribution in [1.82, 2.24) is 0 Å². The third-order valence-electron chi connectivity index (χ3n) is 7.89. The summed E-state index contributed by atoms with van der Waals surface area (Å²) in [4.78, 5) is 0. The highest BCUT2D eigenvalue weighted by Crippen LogP contribution is 2.28. The van der Waals surface area contributed by atoms with Crippen LogP contribution in [0.25, 0.3) is 0 Å². The van der Waals surface area contributed by atoms with E-state index < -0.39 is 68.0 Å². The molecule has 2 aliphatic heterocycles. The molecule has 0 saturated carbocycles. The fourth-order valence-corrected chi connectivity index (χ4v) is 5.24. The first-order valence-corrected chi connectivity index (χ1v) is 15.6. The van der Waals surface area contributed by atoms with Gasteiger partial charge in [-0.25, -0.2) is 0 Å². The van der Waals surface area contributed by atoms with Crippen LogP contribution in [0.15, 0.2) is 0 Å². The van der Waals surface area contributed by atoms with Crippen molar-refractivity contribution in [3.05, 3.63) is 0 Å². The average molecular weight is 597 g/mol. The van der Waals surface area contributed by atoms with E-state index in [1.165, 1.54) is 77.0 Å². The zero-order valence-electron chi connectivity index (χ0n) is 24.7. The Hall–Kier alpha value is -0.480. The van der Waals surface area contributed by atoms with Gasteiger partial charge in [0.2, 0.25) is 0 Å². The van der Waals surface area contributed by atoms with Crippen molar-refractivity contribution >= 4 is 0 Å². The van der Waals surface area contributed by atoms with Crippen molar-refractivity contribution < 1.29 is 59.4 Å². The van der Waals surface area contributed by atoms with E-state index in [1.54, 1.807) is 0 Å². The first-order valence-electron chi connectivity index (χ1n) is 15.6. The van der Waals surface area contributed by atoms with Crippen LogP contribution < -0.4 is 0 Å². The minimum absolute atomic E-state index is 0.0406. The van der Waals surface area contributed by atoms with E-state index in [4.69, 9.17) is 23.7 Å². The van der Waals surface area contributed by atoms with Crippen molar-refractivity contribution in [2.24, 2.45) is 0 Å². The highest BCUT2D eigenvalue weighted by molar-refractivity contribution is 4.93. The Kier molecular flexibility index (Phi) is 19.0. The third-order valence-corrected chi connectivity index (χ3v) is 7.89. The van der Waals surface area contributed by atoms with Crippen molar-refractivity contribution in [2.75, 3.05) is 26.6 Å². The minimum atomic E-state index is -1.74. The summed E-state index contributed by atoms with van der Waals surface area (Å²) in [6.07, 6.45) is 2.66. The van der Waals surface area contributed by atoms with Gasteiger partial charge in [0.15, 0.2) is 12.6 Å². The lowest BCUT2D eigenvalue weighted by Crippen LogP contribution is -2.64. The van der Waals surface area contributed by atoms with Gasteiger partial charge in [-0.3, -0.25) is 0 Å². The molecule has 2 heterocycles. The summed E-state index contributed by atoms with van der Waals surface area (Å²) in [6, 6.07) is 0. The molecule has 0 radical (unpaired) electrons. The molecule has 2 saturated heterocycles. The lowest BCUT2D eigenvalue weighted by Gasteiger charge is -2.45. The van der Waals surface area contributed by atoms with Gasteiger partial charge in [0.25, 0.3) is 0 Å². The summed E-state index contributed by atoms with van der Waals surface area (Å²) in [5, 5.41) is 70.2. The molecule has 12 nitrogen and oxygen atoms in total. The van der Waals surface area contributed by atoms with Crippen LogP contribution in [0.4, 0.5) is 0 Å². The van der Waals surface area contributed by atoms with Crippen LogP contribution in [0, 0.1) is 0 Å². The summed E-state index contributed by atoms with van der Waals surface area (Å²) < 4.78 is 27.1. The molecule has 7 N–H and O–H groups in total. The Balaban J connectivity index is 1.54. The van der Waals surface area contributed by atoms with Crippen LogP contribution in [0.5, 0.6) is 0 Å². The maximum atomic E-state index is 10.3. The average Bonchev–Trinajstić information content (AvgIpc) is 2.97. The number of aliphatic hydroxyl groups excluding tert-OH is 7. The number of hydrogen-bond donors (Lipinski definition) is 7. The summed E-state index contributed by atoms with van der Waals surface area (Å²) in [7, 11) is 0.